The molecule has 3 heterocycles. The number of rotatable bonds is 6. The number of nitrogens with one attached hydrogen (secondary N) is 1. The molecule has 2 N–H and O–H groups in total. The molecule has 1 amide bonds. The maximum absolute atomic E-state index is 12.2. The molecule has 0 radical (unpaired) electrons. The minimum absolute atomic E-state index is 0.0184. The van der Waals surface area contributed by atoms with Gasteiger partial charge >= 0.3 is 0 Å². The molecule has 0 aliphatic carbocycles. The second kappa shape index (κ2) is 8.32. The van der Waals surface area contributed by atoms with Crippen molar-refractivity contribution in [3.63, 3.8) is 0 Å². The monoisotopic (exact) mass is 346 g/mol. The molecule has 2 aromatic rings. The highest BCUT2D eigenvalue weighted by Crippen LogP contribution is 2.16. The summed E-state index contributed by atoms with van der Waals surface area (Å²) in [5, 5.41) is 16.1. The molecule has 1 aliphatic rings. The Labute approximate surface area is 145 Å². The third-order valence-corrected chi connectivity index (χ3v) is 4.84. The molecule has 2 atom stereocenters. The van der Waals surface area contributed by atoms with E-state index in [0.717, 1.165) is 23.7 Å². The topological polar surface area (TPSA) is 78.3 Å². The fourth-order valence-corrected chi connectivity index (χ4v) is 3.68. The van der Waals surface area contributed by atoms with Gasteiger partial charge in [-0.1, -0.05) is 6.07 Å². The van der Waals surface area contributed by atoms with Gasteiger partial charge in [0.05, 0.1) is 12.6 Å². The SMILES string of the molecule is O=C(CCc1cccnc1)N[C@H]1C[C@@H](O)CN(Cc2nccs2)C1. The van der Waals surface area contributed by atoms with E-state index < -0.39 is 6.10 Å². The fraction of sp³-hybridized carbons (Fsp3) is 0.471. The summed E-state index contributed by atoms with van der Waals surface area (Å²) >= 11 is 1.61. The van der Waals surface area contributed by atoms with Gasteiger partial charge in [-0.25, -0.2) is 4.98 Å². The minimum atomic E-state index is -0.415. The van der Waals surface area contributed by atoms with E-state index in [4.69, 9.17) is 0 Å². The first-order valence-electron chi connectivity index (χ1n) is 8.16. The van der Waals surface area contributed by atoms with Crippen molar-refractivity contribution in [1.29, 1.82) is 0 Å². The van der Waals surface area contributed by atoms with Crippen LogP contribution in [0.15, 0.2) is 36.1 Å². The summed E-state index contributed by atoms with van der Waals surface area (Å²) in [5.41, 5.74) is 1.06. The fourth-order valence-electron chi connectivity index (χ4n) is 3.02. The van der Waals surface area contributed by atoms with Crippen molar-refractivity contribution >= 4 is 17.2 Å². The van der Waals surface area contributed by atoms with Crippen LogP contribution in [0.3, 0.4) is 0 Å². The largest absolute Gasteiger partial charge is 0.392 e. The highest BCUT2D eigenvalue weighted by Gasteiger charge is 2.27. The van der Waals surface area contributed by atoms with Gasteiger partial charge in [-0.15, -0.1) is 11.3 Å². The quantitative estimate of drug-likeness (QED) is 0.822. The highest BCUT2D eigenvalue weighted by molar-refractivity contribution is 7.09. The number of aliphatic hydroxyl groups excluding tert-OH is 1. The van der Waals surface area contributed by atoms with E-state index in [1.165, 1.54) is 0 Å². The Bertz CT molecular complexity index is 635. The molecular weight excluding hydrogens is 324 g/mol. The predicted octanol–water partition coefficient (Wildman–Crippen LogP) is 1.22. The third-order valence-electron chi connectivity index (χ3n) is 4.08. The van der Waals surface area contributed by atoms with E-state index in [1.807, 2.05) is 17.5 Å². The van der Waals surface area contributed by atoms with Gasteiger partial charge in [0.2, 0.25) is 5.91 Å². The second-order valence-electron chi connectivity index (χ2n) is 6.14. The van der Waals surface area contributed by atoms with Crippen molar-refractivity contribution in [2.24, 2.45) is 0 Å². The molecule has 0 unspecified atom stereocenters. The van der Waals surface area contributed by atoms with Gasteiger partial charge < -0.3 is 10.4 Å². The summed E-state index contributed by atoms with van der Waals surface area (Å²) in [6, 6.07) is 3.83. The highest BCUT2D eigenvalue weighted by atomic mass is 32.1. The van der Waals surface area contributed by atoms with Gasteiger partial charge in [-0.05, 0) is 24.5 Å². The molecule has 1 saturated heterocycles. The number of hydrogen-bond acceptors (Lipinski definition) is 6. The number of likely N-dealkylation sites (tertiary alicyclic amines) is 1. The second-order valence-corrected chi connectivity index (χ2v) is 7.11. The van der Waals surface area contributed by atoms with Crippen LogP contribution in [0, 0.1) is 0 Å². The average Bonchev–Trinajstić information content (AvgIpc) is 3.06. The number of piperidine rings is 1. The van der Waals surface area contributed by atoms with Crippen LogP contribution in [0.25, 0.3) is 0 Å². The molecule has 3 rings (SSSR count). The summed E-state index contributed by atoms with van der Waals surface area (Å²) in [6.07, 6.45) is 6.60. The first-order chi connectivity index (χ1) is 11.7. The Morgan fingerprint density at radius 2 is 2.33 bits per heavy atom. The van der Waals surface area contributed by atoms with Crippen LogP contribution in [-0.2, 0) is 17.8 Å². The van der Waals surface area contributed by atoms with Crippen LogP contribution in [0.2, 0.25) is 0 Å². The summed E-state index contributed by atoms with van der Waals surface area (Å²) in [7, 11) is 0. The number of aliphatic hydroxyl groups is 1. The number of carbonyl (C=O) groups is 1. The number of pyridine rings is 1. The Morgan fingerprint density at radius 3 is 3.08 bits per heavy atom. The van der Waals surface area contributed by atoms with E-state index >= 15 is 0 Å². The van der Waals surface area contributed by atoms with Gasteiger partial charge in [-0.3, -0.25) is 14.7 Å². The Balaban J connectivity index is 1.47. The van der Waals surface area contributed by atoms with Crippen LogP contribution in [-0.4, -0.2) is 51.1 Å². The Morgan fingerprint density at radius 1 is 1.42 bits per heavy atom. The minimum Gasteiger partial charge on any atom is -0.392 e. The molecule has 24 heavy (non-hydrogen) atoms. The Hall–Kier alpha value is -1.83. The van der Waals surface area contributed by atoms with Crippen molar-refractivity contribution in [1.82, 2.24) is 20.2 Å². The molecule has 7 heteroatoms. The van der Waals surface area contributed by atoms with Crippen molar-refractivity contribution in [2.45, 2.75) is 38.0 Å². The molecule has 1 fully saturated rings. The number of carbonyl (C=O) groups excluding carboxylic acids is 1. The predicted molar refractivity (Wildman–Crippen MR) is 92.5 cm³/mol. The molecular formula is C17H22N4O2S. The first-order valence-corrected chi connectivity index (χ1v) is 9.04. The van der Waals surface area contributed by atoms with E-state index in [2.05, 4.69) is 20.2 Å². The Kier molecular flexibility index (Phi) is 5.90. The van der Waals surface area contributed by atoms with Crippen LogP contribution < -0.4 is 5.32 Å². The lowest BCUT2D eigenvalue weighted by atomic mass is 10.0. The lowest BCUT2D eigenvalue weighted by Crippen LogP contribution is -2.52. The van der Waals surface area contributed by atoms with Gasteiger partial charge in [0.15, 0.2) is 0 Å². The number of thiazole rings is 1. The van der Waals surface area contributed by atoms with Gasteiger partial charge in [0.1, 0.15) is 5.01 Å². The molecule has 0 aromatic carbocycles. The number of hydrogen-bond donors (Lipinski definition) is 2. The maximum atomic E-state index is 12.2. The molecule has 128 valence electrons. The van der Waals surface area contributed by atoms with E-state index in [-0.39, 0.29) is 11.9 Å². The summed E-state index contributed by atoms with van der Waals surface area (Å²) < 4.78 is 0. The molecule has 1 aliphatic heterocycles. The number of aromatic nitrogens is 2. The van der Waals surface area contributed by atoms with Crippen LogP contribution in [0.1, 0.15) is 23.4 Å². The summed E-state index contributed by atoms with van der Waals surface area (Å²) in [4.78, 5) is 22.7. The van der Waals surface area contributed by atoms with Crippen LogP contribution >= 0.6 is 11.3 Å². The van der Waals surface area contributed by atoms with Gasteiger partial charge in [-0.2, -0.15) is 0 Å². The number of aryl methyl sites for hydroxylation is 1. The third kappa shape index (κ3) is 5.09. The van der Waals surface area contributed by atoms with Crippen molar-refractivity contribution in [3.8, 4) is 0 Å². The average molecular weight is 346 g/mol. The number of amides is 1. The van der Waals surface area contributed by atoms with E-state index in [9.17, 15) is 9.90 Å². The van der Waals surface area contributed by atoms with Crippen molar-refractivity contribution in [2.75, 3.05) is 13.1 Å². The van der Waals surface area contributed by atoms with Crippen molar-refractivity contribution in [3.05, 3.63) is 46.7 Å². The first kappa shape index (κ1) is 17.0. The maximum Gasteiger partial charge on any atom is 0.220 e. The van der Waals surface area contributed by atoms with E-state index in [0.29, 0.717) is 25.8 Å². The van der Waals surface area contributed by atoms with Crippen LogP contribution in [0.4, 0.5) is 0 Å². The molecule has 0 bridgehead atoms. The normalized spacial score (nSPS) is 21.5. The molecule has 0 saturated carbocycles. The zero-order valence-electron chi connectivity index (χ0n) is 13.5. The van der Waals surface area contributed by atoms with Gasteiger partial charge in [0.25, 0.3) is 0 Å². The van der Waals surface area contributed by atoms with Crippen molar-refractivity contribution < 1.29 is 9.90 Å². The number of nitrogens with zero attached hydrogens (tertiary/aromatic N) is 3. The zero-order valence-corrected chi connectivity index (χ0v) is 14.3. The smallest absolute Gasteiger partial charge is 0.220 e. The standard InChI is InChI=1S/C17H22N4O2S/c22-15-8-14(10-21(11-15)12-17-19-6-7-24-17)20-16(23)4-3-13-2-1-5-18-9-13/h1-2,5-7,9,14-15,22H,3-4,8,10-12H2,(H,20,23)/t14-,15+/m0/s1. The lowest BCUT2D eigenvalue weighted by molar-refractivity contribution is -0.122. The van der Waals surface area contributed by atoms with E-state index in [1.54, 1.807) is 29.9 Å². The number of β-amino-alcohol motifs (C(OH)–C–C–N with tert-alkyl or cyclic N) is 1. The molecule has 2 aromatic heterocycles. The van der Waals surface area contributed by atoms with Gasteiger partial charge in [0, 0.05) is 49.5 Å². The lowest BCUT2D eigenvalue weighted by Gasteiger charge is -2.35. The summed E-state index contributed by atoms with van der Waals surface area (Å²) in [6.45, 7) is 2.09. The van der Waals surface area contributed by atoms with Crippen LogP contribution in [0.5, 0.6) is 0 Å². The zero-order chi connectivity index (χ0) is 16.8. The molecule has 6 nitrogen and oxygen atoms in total. The molecule has 0 spiro atoms. The summed E-state index contributed by atoms with van der Waals surface area (Å²) in [5.74, 6) is 0.0205.